The molecule has 0 aliphatic heterocycles. The average molecular weight is 314 g/mol. The first-order valence-corrected chi connectivity index (χ1v) is 9.09. The predicted molar refractivity (Wildman–Crippen MR) is 104 cm³/mol. The Morgan fingerprint density at radius 3 is 1.21 bits per heavy atom. The monoisotopic (exact) mass is 314 g/mol. The number of hydrogen-bond acceptors (Lipinski definition) is 0. The smallest absolute Gasteiger partial charge is 0.00525 e. The highest BCUT2D eigenvalue weighted by atomic mass is 14.4. The second kappa shape index (κ2) is 5.77. The Labute approximate surface area is 145 Å². The van der Waals surface area contributed by atoms with Gasteiger partial charge in [-0.3, -0.25) is 0 Å². The van der Waals surface area contributed by atoms with Gasteiger partial charge in [-0.2, -0.15) is 0 Å². The SMILES string of the molecule is Cc1cc(C)cc(C2=CC[C@@H]3C(c4cc(C)cc(C)c4)=CC[C@H]23)c1. The average Bonchev–Trinajstić information content (AvgIpc) is 3.05. The van der Waals surface area contributed by atoms with Crippen LogP contribution in [0.25, 0.3) is 11.1 Å². The summed E-state index contributed by atoms with van der Waals surface area (Å²) in [5.41, 5.74) is 11.5. The zero-order valence-corrected chi connectivity index (χ0v) is 15.2. The van der Waals surface area contributed by atoms with E-state index in [0.29, 0.717) is 11.8 Å². The van der Waals surface area contributed by atoms with E-state index < -0.39 is 0 Å². The number of aryl methyl sites for hydroxylation is 4. The summed E-state index contributed by atoms with van der Waals surface area (Å²) in [6.07, 6.45) is 7.37. The minimum Gasteiger partial charge on any atom is -0.0798 e. The molecule has 0 heteroatoms. The summed E-state index contributed by atoms with van der Waals surface area (Å²) >= 11 is 0. The van der Waals surface area contributed by atoms with E-state index in [1.807, 2.05) is 0 Å². The fourth-order valence-electron chi connectivity index (χ4n) is 4.77. The summed E-state index contributed by atoms with van der Waals surface area (Å²) in [6, 6.07) is 14.0. The zero-order valence-electron chi connectivity index (χ0n) is 15.2. The molecule has 0 nitrogen and oxygen atoms in total. The molecular weight excluding hydrogens is 288 g/mol. The van der Waals surface area contributed by atoms with Crippen molar-refractivity contribution < 1.29 is 0 Å². The number of hydrogen-bond donors (Lipinski definition) is 0. The van der Waals surface area contributed by atoms with Crippen LogP contribution in [-0.2, 0) is 0 Å². The van der Waals surface area contributed by atoms with E-state index in [1.54, 1.807) is 11.1 Å². The topological polar surface area (TPSA) is 0 Å². The van der Waals surface area contributed by atoms with E-state index in [9.17, 15) is 0 Å². The third-order valence-corrected chi connectivity index (χ3v) is 5.58. The van der Waals surface area contributed by atoms with Crippen LogP contribution in [0.3, 0.4) is 0 Å². The van der Waals surface area contributed by atoms with E-state index in [2.05, 4.69) is 76.2 Å². The van der Waals surface area contributed by atoms with E-state index in [1.165, 1.54) is 46.2 Å². The van der Waals surface area contributed by atoms with Crippen molar-refractivity contribution in [2.45, 2.75) is 40.5 Å². The highest BCUT2D eigenvalue weighted by Crippen LogP contribution is 2.51. The van der Waals surface area contributed by atoms with Gasteiger partial charge in [-0.05, 0) is 74.6 Å². The Kier molecular flexibility index (Phi) is 3.72. The minimum absolute atomic E-state index is 0.669. The maximum Gasteiger partial charge on any atom is -0.00525 e. The molecule has 2 atom stereocenters. The lowest BCUT2D eigenvalue weighted by Gasteiger charge is -2.19. The van der Waals surface area contributed by atoms with Crippen molar-refractivity contribution in [2.75, 3.05) is 0 Å². The van der Waals surface area contributed by atoms with Crippen molar-refractivity contribution >= 4 is 11.1 Å². The van der Waals surface area contributed by atoms with Gasteiger partial charge in [0.25, 0.3) is 0 Å². The third kappa shape index (κ3) is 2.65. The van der Waals surface area contributed by atoms with Crippen LogP contribution in [0.15, 0.2) is 48.6 Å². The fourth-order valence-corrected chi connectivity index (χ4v) is 4.77. The molecule has 0 saturated carbocycles. The standard InChI is InChI=1S/C24H26/c1-15-9-16(2)12-19(11-15)21-5-7-24-22(6-8-23(21)24)20-13-17(3)10-18(4)14-20/h5-6,9-14,23-24H,7-8H2,1-4H3/t23-,24-/m1/s1. The van der Waals surface area contributed by atoms with Crippen molar-refractivity contribution in [3.8, 4) is 0 Å². The van der Waals surface area contributed by atoms with Gasteiger partial charge < -0.3 is 0 Å². The molecule has 0 heterocycles. The van der Waals surface area contributed by atoms with Gasteiger partial charge in [0, 0.05) is 0 Å². The lowest BCUT2D eigenvalue weighted by Crippen LogP contribution is -2.07. The van der Waals surface area contributed by atoms with Crippen LogP contribution in [0.2, 0.25) is 0 Å². The molecule has 0 N–H and O–H groups in total. The van der Waals surface area contributed by atoms with Crippen LogP contribution < -0.4 is 0 Å². The molecule has 0 radical (unpaired) electrons. The minimum atomic E-state index is 0.669. The Morgan fingerprint density at radius 1 is 0.542 bits per heavy atom. The Hall–Kier alpha value is -2.08. The normalized spacial score (nSPS) is 22.3. The van der Waals surface area contributed by atoms with Crippen molar-refractivity contribution in [1.82, 2.24) is 0 Å². The molecule has 0 fully saturated rings. The van der Waals surface area contributed by atoms with Crippen LogP contribution in [-0.4, -0.2) is 0 Å². The van der Waals surface area contributed by atoms with Gasteiger partial charge in [0.15, 0.2) is 0 Å². The van der Waals surface area contributed by atoms with Gasteiger partial charge in [0.1, 0.15) is 0 Å². The van der Waals surface area contributed by atoms with Crippen LogP contribution in [0, 0.1) is 39.5 Å². The predicted octanol–water partition coefficient (Wildman–Crippen LogP) is 6.43. The largest absolute Gasteiger partial charge is 0.0798 e. The summed E-state index contributed by atoms with van der Waals surface area (Å²) in [5, 5.41) is 0. The summed E-state index contributed by atoms with van der Waals surface area (Å²) in [7, 11) is 0. The Morgan fingerprint density at radius 2 is 0.875 bits per heavy atom. The molecule has 0 unspecified atom stereocenters. The molecule has 4 rings (SSSR count). The lowest BCUT2D eigenvalue weighted by atomic mass is 9.84. The quantitative estimate of drug-likeness (QED) is 0.599. The summed E-state index contributed by atoms with van der Waals surface area (Å²) in [4.78, 5) is 0. The van der Waals surface area contributed by atoms with E-state index in [4.69, 9.17) is 0 Å². The van der Waals surface area contributed by atoms with E-state index >= 15 is 0 Å². The fraction of sp³-hybridized carbons (Fsp3) is 0.333. The number of rotatable bonds is 2. The number of allylic oxidation sites excluding steroid dienone is 4. The van der Waals surface area contributed by atoms with E-state index in [-0.39, 0.29) is 0 Å². The van der Waals surface area contributed by atoms with Crippen molar-refractivity contribution in [3.63, 3.8) is 0 Å². The van der Waals surface area contributed by atoms with Crippen molar-refractivity contribution in [2.24, 2.45) is 11.8 Å². The first-order chi connectivity index (χ1) is 11.5. The first-order valence-electron chi connectivity index (χ1n) is 9.09. The second-order valence-corrected chi connectivity index (χ2v) is 7.76. The van der Waals surface area contributed by atoms with Crippen molar-refractivity contribution in [3.05, 3.63) is 81.9 Å². The molecule has 0 bridgehead atoms. The van der Waals surface area contributed by atoms with Gasteiger partial charge in [0.2, 0.25) is 0 Å². The molecule has 2 aromatic rings. The summed E-state index contributed by atoms with van der Waals surface area (Å²) < 4.78 is 0. The highest BCUT2D eigenvalue weighted by molar-refractivity contribution is 5.80. The van der Waals surface area contributed by atoms with Gasteiger partial charge in [-0.15, -0.1) is 0 Å². The summed E-state index contributed by atoms with van der Waals surface area (Å²) in [6.45, 7) is 8.82. The molecule has 2 aromatic carbocycles. The first kappa shape index (κ1) is 15.4. The maximum absolute atomic E-state index is 2.50. The molecule has 0 spiro atoms. The van der Waals surface area contributed by atoms with Crippen LogP contribution >= 0.6 is 0 Å². The molecule has 24 heavy (non-hydrogen) atoms. The van der Waals surface area contributed by atoms with Gasteiger partial charge >= 0.3 is 0 Å². The molecule has 0 saturated heterocycles. The Bertz CT molecular complexity index is 750. The molecule has 122 valence electrons. The highest BCUT2D eigenvalue weighted by Gasteiger charge is 2.36. The van der Waals surface area contributed by atoms with Gasteiger partial charge in [-0.1, -0.05) is 70.8 Å². The zero-order chi connectivity index (χ0) is 16.8. The molecule has 0 amide bonds. The molecule has 2 aliphatic rings. The second-order valence-electron chi connectivity index (χ2n) is 7.76. The van der Waals surface area contributed by atoms with Crippen LogP contribution in [0.1, 0.15) is 46.2 Å². The summed E-state index contributed by atoms with van der Waals surface area (Å²) in [5.74, 6) is 1.34. The molecule has 0 aromatic heterocycles. The molecular formula is C24H26. The van der Waals surface area contributed by atoms with Gasteiger partial charge in [-0.25, -0.2) is 0 Å². The maximum atomic E-state index is 2.50. The Balaban J connectivity index is 1.64. The van der Waals surface area contributed by atoms with Gasteiger partial charge in [0.05, 0.1) is 0 Å². The van der Waals surface area contributed by atoms with Crippen LogP contribution in [0.4, 0.5) is 0 Å². The molecule has 2 aliphatic carbocycles. The lowest BCUT2D eigenvalue weighted by molar-refractivity contribution is 0.573. The van der Waals surface area contributed by atoms with E-state index in [0.717, 1.165) is 0 Å². The number of benzene rings is 2. The third-order valence-electron chi connectivity index (χ3n) is 5.58. The van der Waals surface area contributed by atoms with Crippen molar-refractivity contribution in [1.29, 1.82) is 0 Å². The number of fused-ring (bicyclic) bond motifs is 1. The van der Waals surface area contributed by atoms with Crippen LogP contribution in [0.5, 0.6) is 0 Å².